The van der Waals surface area contributed by atoms with Crippen molar-refractivity contribution in [2.75, 3.05) is 0 Å². The molecule has 0 aromatic carbocycles. The number of carbonyl (C=O) groups excluding carboxylic acids is 3. The summed E-state index contributed by atoms with van der Waals surface area (Å²) in [6.07, 6.45) is 4.43. The summed E-state index contributed by atoms with van der Waals surface area (Å²) in [6, 6.07) is 0. The minimum Gasteiger partial charge on any atom is -0.393 e. The maximum Gasteiger partial charge on any atom is 0.139 e. The van der Waals surface area contributed by atoms with Crippen LogP contribution in [0, 0.1) is 40.4 Å². The molecule has 4 rings (SSSR count). The standard InChI is InChI=1S/C21H30O4/c1-11(22)13-7-8-14-19-15(10-18(25)21(13,14)3)20(2)12(9-16(19)23)5-4-6-17(20)24/h12-15,18-19,25H,4-10H2,1-3H3. The molecule has 8 atom stereocenters. The van der Waals surface area contributed by atoms with Crippen molar-refractivity contribution in [2.45, 2.75) is 71.8 Å². The van der Waals surface area contributed by atoms with Crippen LogP contribution in [0.2, 0.25) is 0 Å². The zero-order valence-corrected chi connectivity index (χ0v) is 15.6. The summed E-state index contributed by atoms with van der Waals surface area (Å²) >= 11 is 0. The van der Waals surface area contributed by atoms with Gasteiger partial charge in [0.05, 0.1) is 6.10 Å². The molecule has 4 aliphatic carbocycles. The first-order chi connectivity index (χ1) is 11.7. The summed E-state index contributed by atoms with van der Waals surface area (Å²) in [5, 5.41) is 11.1. The van der Waals surface area contributed by atoms with Crippen molar-refractivity contribution in [3.8, 4) is 0 Å². The van der Waals surface area contributed by atoms with Gasteiger partial charge in [-0.1, -0.05) is 13.8 Å². The molecule has 4 nitrogen and oxygen atoms in total. The fraction of sp³-hybridized carbons (Fsp3) is 0.857. The molecule has 0 aromatic rings. The van der Waals surface area contributed by atoms with E-state index in [1.54, 1.807) is 6.92 Å². The number of hydrogen-bond acceptors (Lipinski definition) is 4. The monoisotopic (exact) mass is 346 g/mol. The first-order valence-electron chi connectivity index (χ1n) is 9.96. The van der Waals surface area contributed by atoms with Crippen LogP contribution >= 0.6 is 0 Å². The molecule has 25 heavy (non-hydrogen) atoms. The highest BCUT2D eigenvalue weighted by Crippen LogP contribution is 2.66. The van der Waals surface area contributed by atoms with Crippen molar-refractivity contribution < 1.29 is 19.5 Å². The Morgan fingerprint density at radius 2 is 1.84 bits per heavy atom. The largest absolute Gasteiger partial charge is 0.393 e. The molecule has 138 valence electrons. The molecular formula is C21H30O4. The zero-order chi connectivity index (χ0) is 18.1. The minimum absolute atomic E-state index is 0.0372. The zero-order valence-electron chi connectivity index (χ0n) is 15.6. The molecule has 4 fully saturated rings. The normalized spacial score (nSPS) is 52.3. The van der Waals surface area contributed by atoms with E-state index >= 15 is 0 Å². The Hall–Kier alpha value is -1.03. The Kier molecular flexibility index (Phi) is 3.81. The lowest BCUT2D eigenvalue weighted by atomic mass is 9.43. The van der Waals surface area contributed by atoms with Gasteiger partial charge in [0.1, 0.15) is 17.3 Å². The van der Waals surface area contributed by atoms with E-state index in [1.807, 2.05) is 6.92 Å². The van der Waals surface area contributed by atoms with Crippen LogP contribution in [0.25, 0.3) is 0 Å². The van der Waals surface area contributed by atoms with Gasteiger partial charge < -0.3 is 5.11 Å². The van der Waals surface area contributed by atoms with E-state index < -0.39 is 16.9 Å². The second kappa shape index (κ2) is 5.48. The van der Waals surface area contributed by atoms with Crippen molar-refractivity contribution in [1.29, 1.82) is 0 Å². The number of aliphatic hydroxyl groups excluding tert-OH is 1. The molecule has 0 heterocycles. The fourth-order valence-corrected chi connectivity index (χ4v) is 7.41. The number of ketones is 3. The molecule has 4 aliphatic rings. The quantitative estimate of drug-likeness (QED) is 0.792. The highest BCUT2D eigenvalue weighted by molar-refractivity contribution is 5.92. The van der Waals surface area contributed by atoms with Gasteiger partial charge in [0.15, 0.2) is 0 Å². The van der Waals surface area contributed by atoms with Gasteiger partial charge in [-0.2, -0.15) is 0 Å². The third-order valence-corrected chi connectivity index (χ3v) is 8.86. The number of hydrogen-bond donors (Lipinski definition) is 1. The molecule has 8 unspecified atom stereocenters. The molecule has 4 saturated carbocycles. The Morgan fingerprint density at radius 3 is 2.52 bits per heavy atom. The van der Waals surface area contributed by atoms with Gasteiger partial charge in [-0.25, -0.2) is 0 Å². The van der Waals surface area contributed by atoms with E-state index in [4.69, 9.17) is 0 Å². The summed E-state index contributed by atoms with van der Waals surface area (Å²) in [5.74, 6) is 0.528. The predicted octanol–water partition coefficient (Wildman–Crippen LogP) is 2.95. The van der Waals surface area contributed by atoms with E-state index in [2.05, 4.69) is 6.92 Å². The third kappa shape index (κ3) is 2.06. The van der Waals surface area contributed by atoms with Gasteiger partial charge in [-0.15, -0.1) is 0 Å². The van der Waals surface area contributed by atoms with Gasteiger partial charge in [-0.3, -0.25) is 14.4 Å². The molecule has 0 radical (unpaired) electrons. The number of rotatable bonds is 1. The Morgan fingerprint density at radius 1 is 1.12 bits per heavy atom. The molecule has 0 aromatic heterocycles. The maximum atomic E-state index is 13.1. The van der Waals surface area contributed by atoms with Crippen LogP contribution in [0.1, 0.15) is 65.7 Å². The van der Waals surface area contributed by atoms with Crippen molar-refractivity contribution in [1.82, 2.24) is 0 Å². The Bertz CT molecular complexity index is 640. The van der Waals surface area contributed by atoms with Gasteiger partial charge in [-0.05, 0) is 56.8 Å². The first-order valence-corrected chi connectivity index (χ1v) is 9.96. The minimum atomic E-state index is -0.603. The number of fused-ring (bicyclic) bond motifs is 5. The summed E-state index contributed by atoms with van der Waals surface area (Å²) < 4.78 is 0. The van der Waals surface area contributed by atoms with Crippen LogP contribution in [-0.4, -0.2) is 28.6 Å². The Balaban J connectivity index is 1.78. The highest BCUT2D eigenvalue weighted by atomic mass is 16.3. The number of aliphatic hydroxyl groups is 1. The van der Waals surface area contributed by atoms with E-state index in [0.29, 0.717) is 25.0 Å². The number of Topliss-reactive ketones (excluding diaryl/α,β-unsaturated/α-hetero) is 3. The van der Waals surface area contributed by atoms with Gasteiger partial charge in [0.2, 0.25) is 0 Å². The van der Waals surface area contributed by atoms with Crippen LogP contribution in [0.3, 0.4) is 0 Å². The van der Waals surface area contributed by atoms with Gasteiger partial charge in [0.25, 0.3) is 0 Å². The molecule has 4 heteroatoms. The second-order valence-electron chi connectivity index (χ2n) is 9.56. The van der Waals surface area contributed by atoms with Crippen molar-refractivity contribution in [3.05, 3.63) is 0 Å². The predicted molar refractivity (Wildman–Crippen MR) is 92.7 cm³/mol. The highest BCUT2D eigenvalue weighted by Gasteiger charge is 2.67. The average molecular weight is 346 g/mol. The smallest absolute Gasteiger partial charge is 0.139 e. The summed E-state index contributed by atoms with van der Waals surface area (Å²) in [7, 11) is 0. The van der Waals surface area contributed by atoms with E-state index in [9.17, 15) is 19.5 Å². The maximum absolute atomic E-state index is 13.1. The van der Waals surface area contributed by atoms with Crippen molar-refractivity contribution in [3.63, 3.8) is 0 Å². The SMILES string of the molecule is CC(=O)C1CCC2C3C(=O)CC4CCCC(=O)C4(C)C3CC(O)C12C. The Labute approximate surface area is 149 Å². The van der Waals surface area contributed by atoms with Crippen LogP contribution in [0.15, 0.2) is 0 Å². The average Bonchev–Trinajstić information content (AvgIpc) is 2.90. The topological polar surface area (TPSA) is 71.4 Å². The molecule has 0 bridgehead atoms. The lowest BCUT2D eigenvalue weighted by Crippen LogP contribution is -2.62. The van der Waals surface area contributed by atoms with Crippen LogP contribution in [-0.2, 0) is 14.4 Å². The van der Waals surface area contributed by atoms with Crippen LogP contribution in [0.4, 0.5) is 0 Å². The molecule has 0 aliphatic heterocycles. The molecule has 0 amide bonds. The van der Waals surface area contributed by atoms with Crippen LogP contribution in [0.5, 0.6) is 0 Å². The summed E-state index contributed by atoms with van der Waals surface area (Å²) in [6.45, 7) is 5.69. The molecule has 0 spiro atoms. The van der Waals surface area contributed by atoms with E-state index in [1.165, 1.54) is 0 Å². The van der Waals surface area contributed by atoms with Gasteiger partial charge in [0, 0.05) is 35.5 Å². The van der Waals surface area contributed by atoms with E-state index in [-0.39, 0.29) is 41.2 Å². The van der Waals surface area contributed by atoms with Crippen molar-refractivity contribution in [2.24, 2.45) is 40.4 Å². The lowest BCUT2D eigenvalue weighted by Gasteiger charge is -2.59. The number of carbonyl (C=O) groups is 3. The second-order valence-corrected chi connectivity index (χ2v) is 9.56. The fourth-order valence-electron chi connectivity index (χ4n) is 7.41. The molecular weight excluding hydrogens is 316 g/mol. The first kappa shape index (κ1) is 17.4. The van der Waals surface area contributed by atoms with E-state index in [0.717, 1.165) is 25.7 Å². The summed E-state index contributed by atoms with van der Waals surface area (Å²) in [5.41, 5.74) is -0.975. The lowest BCUT2D eigenvalue weighted by molar-refractivity contribution is -0.180. The van der Waals surface area contributed by atoms with Crippen LogP contribution < -0.4 is 0 Å². The third-order valence-electron chi connectivity index (χ3n) is 8.86. The summed E-state index contributed by atoms with van der Waals surface area (Å²) in [4.78, 5) is 38.2. The molecule has 0 saturated heterocycles. The van der Waals surface area contributed by atoms with Gasteiger partial charge >= 0.3 is 0 Å². The molecule has 1 N–H and O–H groups in total. The van der Waals surface area contributed by atoms with Crippen molar-refractivity contribution >= 4 is 17.3 Å².